The van der Waals surface area contributed by atoms with E-state index in [0.717, 1.165) is 44.1 Å². The fourth-order valence-corrected chi connectivity index (χ4v) is 2.97. The summed E-state index contributed by atoms with van der Waals surface area (Å²) in [6.45, 7) is 4.66. The molecule has 0 bridgehead atoms. The number of aromatic nitrogens is 1. The molecule has 0 atom stereocenters. The number of carbonyl (C=O) groups is 1. The van der Waals surface area contributed by atoms with Gasteiger partial charge in [0, 0.05) is 44.6 Å². The van der Waals surface area contributed by atoms with Crippen LogP contribution in [0.25, 0.3) is 0 Å². The van der Waals surface area contributed by atoms with E-state index in [2.05, 4.69) is 20.1 Å². The lowest BCUT2D eigenvalue weighted by Gasteiger charge is -2.34. The number of nitrogen functional groups attached to an aromatic ring is 1. The summed E-state index contributed by atoms with van der Waals surface area (Å²) >= 11 is 0. The van der Waals surface area contributed by atoms with Crippen LogP contribution in [-0.2, 0) is 11.2 Å². The molecule has 0 unspecified atom stereocenters. The Morgan fingerprint density at radius 3 is 2.37 bits per heavy atom. The van der Waals surface area contributed by atoms with Gasteiger partial charge in [0.25, 0.3) is 0 Å². The molecule has 0 saturated carbocycles. The fraction of sp³-hybridized carbons (Fsp3) is 0.368. The number of benzene rings is 1. The zero-order valence-electron chi connectivity index (χ0n) is 15.2. The number of amides is 1. The maximum Gasteiger partial charge on any atom is 0.234 e. The lowest BCUT2D eigenvalue weighted by atomic mass is 10.1. The lowest BCUT2D eigenvalue weighted by molar-refractivity contribution is -0.122. The zero-order chi connectivity index (χ0) is 17.5. The summed E-state index contributed by atoms with van der Waals surface area (Å²) in [6.07, 6.45) is 2.63. The first-order valence-corrected chi connectivity index (χ1v) is 8.70. The molecule has 1 saturated heterocycles. The van der Waals surface area contributed by atoms with Gasteiger partial charge in [-0.1, -0.05) is 18.2 Å². The Morgan fingerprint density at radius 2 is 1.74 bits per heavy atom. The van der Waals surface area contributed by atoms with Crippen molar-refractivity contribution in [2.24, 2.45) is 0 Å². The van der Waals surface area contributed by atoms with E-state index >= 15 is 0 Å². The highest BCUT2D eigenvalue weighted by molar-refractivity contribution is 5.85. The minimum Gasteiger partial charge on any atom is -0.399 e. The average molecular weight is 412 g/mol. The van der Waals surface area contributed by atoms with Crippen LogP contribution in [0, 0.1) is 0 Å². The molecule has 6 nitrogen and oxygen atoms in total. The van der Waals surface area contributed by atoms with Gasteiger partial charge in [-0.25, -0.2) is 4.98 Å². The normalized spacial score (nSPS) is 14.0. The van der Waals surface area contributed by atoms with Crippen LogP contribution < -0.4 is 16.0 Å². The number of carbonyl (C=O) groups excluding carboxylic acids is 1. The fourth-order valence-electron chi connectivity index (χ4n) is 2.97. The molecule has 0 spiro atoms. The molecule has 1 aliphatic heterocycles. The summed E-state index contributed by atoms with van der Waals surface area (Å²) in [5.41, 5.74) is 7.61. The third-order valence-electron chi connectivity index (χ3n) is 4.43. The van der Waals surface area contributed by atoms with Crippen LogP contribution >= 0.6 is 24.8 Å². The Balaban J connectivity index is 0.00000182. The molecular weight excluding hydrogens is 385 g/mol. The molecule has 1 aromatic heterocycles. The number of hydrogen-bond donors (Lipinski definition) is 2. The number of rotatable bonds is 6. The molecule has 2 aromatic rings. The van der Waals surface area contributed by atoms with Gasteiger partial charge < -0.3 is 16.0 Å². The summed E-state index contributed by atoms with van der Waals surface area (Å²) in [7, 11) is 0. The first-order chi connectivity index (χ1) is 12.2. The number of pyridine rings is 1. The van der Waals surface area contributed by atoms with E-state index in [1.807, 2.05) is 48.7 Å². The van der Waals surface area contributed by atoms with Crippen LogP contribution in [0.4, 0.5) is 11.5 Å². The van der Waals surface area contributed by atoms with E-state index < -0.39 is 0 Å². The summed E-state index contributed by atoms with van der Waals surface area (Å²) in [5, 5.41) is 3.00. The molecule has 3 N–H and O–H groups in total. The van der Waals surface area contributed by atoms with Crippen molar-refractivity contribution >= 4 is 42.2 Å². The Hall–Kier alpha value is -2.02. The van der Waals surface area contributed by atoms with Gasteiger partial charge in [0.05, 0.1) is 6.54 Å². The van der Waals surface area contributed by atoms with Gasteiger partial charge >= 0.3 is 0 Å². The molecular formula is C19H27Cl2N5O. The molecule has 0 aliphatic carbocycles. The van der Waals surface area contributed by atoms with E-state index in [1.165, 1.54) is 5.56 Å². The minimum atomic E-state index is 0. The Morgan fingerprint density at radius 1 is 1.04 bits per heavy atom. The lowest BCUT2D eigenvalue weighted by Crippen LogP contribution is -2.49. The van der Waals surface area contributed by atoms with Crippen LogP contribution in [0.3, 0.4) is 0 Å². The molecule has 0 radical (unpaired) electrons. The topological polar surface area (TPSA) is 74.5 Å². The number of nitrogens with two attached hydrogens (primary N) is 1. The molecule has 148 valence electrons. The van der Waals surface area contributed by atoms with E-state index in [1.54, 1.807) is 0 Å². The molecule has 3 rings (SSSR count). The van der Waals surface area contributed by atoms with Gasteiger partial charge in [-0.3, -0.25) is 9.69 Å². The smallest absolute Gasteiger partial charge is 0.234 e. The van der Waals surface area contributed by atoms with Crippen molar-refractivity contribution < 1.29 is 4.79 Å². The predicted molar refractivity (Wildman–Crippen MR) is 115 cm³/mol. The molecule has 1 fully saturated rings. The van der Waals surface area contributed by atoms with Crippen molar-refractivity contribution in [3.63, 3.8) is 0 Å². The largest absolute Gasteiger partial charge is 0.399 e. The van der Waals surface area contributed by atoms with E-state index in [-0.39, 0.29) is 30.7 Å². The van der Waals surface area contributed by atoms with Crippen molar-refractivity contribution in [2.75, 3.05) is 49.9 Å². The predicted octanol–water partition coefficient (Wildman–Crippen LogP) is 1.99. The van der Waals surface area contributed by atoms with Gasteiger partial charge in [0.1, 0.15) is 5.82 Å². The standard InChI is InChI=1S/C19H25N5O.2ClH/c20-17-6-4-16(5-7-17)8-10-22-19(25)15-23-11-13-24(14-12-23)18-3-1-2-9-21-18;;/h1-7,9H,8,10-15,20H2,(H,22,25);2*1H. The van der Waals surface area contributed by atoms with Crippen LogP contribution in [-0.4, -0.2) is 55.1 Å². The molecule has 1 aromatic carbocycles. The van der Waals surface area contributed by atoms with Crippen molar-refractivity contribution in [3.8, 4) is 0 Å². The van der Waals surface area contributed by atoms with E-state index in [9.17, 15) is 4.79 Å². The Kier molecular flexibility index (Phi) is 9.93. The number of nitrogens with zero attached hydrogens (tertiary/aromatic N) is 3. The summed E-state index contributed by atoms with van der Waals surface area (Å²) in [4.78, 5) is 20.9. The van der Waals surface area contributed by atoms with Gasteiger partial charge in [-0.2, -0.15) is 0 Å². The summed E-state index contributed by atoms with van der Waals surface area (Å²) in [6, 6.07) is 13.7. The monoisotopic (exact) mass is 411 g/mol. The average Bonchev–Trinajstić information content (AvgIpc) is 2.65. The van der Waals surface area contributed by atoms with Crippen molar-refractivity contribution in [1.29, 1.82) is 0 Å². The van der Waals surface area contributed by atoms with Crippen molar-refractivity contribution in [1.82, 2.24) is 15.2 Å². The minimum absolute atomic E-state index is 0. The van der Waals surface area contributed by atoms with Gasteiger partial charge in [-0.15, -0.1) is 24.8 Å². The number of halogens is 2. The SMILES string of the molecule is Cl.Cl.Nc1ccc(CCNC(=O)CN2CCN(c3ccccn3)CC2)cc1. The summed E-state index contributed by atoms with van der Waals surface area (Å²) < 4.78 is 0. The van der Waals surface area contributed by atoms with Crippen LogP contribution in [0.1, 0.15) is 5.56 Å². The first-order valence-electron chi connectivity index (χ1n) is 8.70. The van der Waals surface area contributed by atoms with Crippen molar-refractivity contribution in [3.05, 3.63) is 54.2 Å². The van der Waals surface area contributed by atoms with Crippen LogP contribution in [0.2, 0.25) is 0 Å². The van der Waals surface area contributed by atoms with E-state index in [0.29, 0.717) is 13.1 Å². The number of nitrogens with one attached hydrogen (secondary N) is 1. The highest BCUT2D eigenvalue weighted by Crippen LogP contribution is 2.12. The van der Waals surface area contributed by atoms with Crippen molar-refractivity contribution in [2.45, 2.75) is 6.42 Å². The van der Waals surface area contributed by atoms with Gasteiger partial charge in [0.15, 0.2) is 0 Å². The third kappa shape index (κ3) is 7.25. The Bertz CT molecular complexity index is 676. The Labute approximate surface area is 172 Å². The van der Waals surface area contributed by atoms with Gasteiger partial charge in [-0.05, 0) is 36.2 Å². The number of anilines is 2. The van der Waals surface area contributed by atoms with Gasteiger partial charge in [0.2, 0.25) is 5.91 Å². The maximum atomic E-state index is 12.1. The van der Waals surface area contributed by atoms with Crippen LogP contribution in [0.5, 0.6) is 0 Å². The second-order valence-corrected chi connectivity index (χ2v) is 6.29. The molecule has 27 heavy (non-hydrogen) atoms. The summed E-state index contributed by atoms with van der Waals surface area (Å²) in [5.74, 6) is 1.09. The highest BCUT2D eigenvalue weighted by Gasteiger charge is 2.19. The maximum absolute atomic E-state index is 12.1. The molecule has 2 heterocycles. The highest BCUT2D eigenvalue weighted by atomic mass is 35.5. The second-order valence-electron chi connectivity index (χ2n) is 6.29. The van der Waals surface area contributed by atoms with Crippen LogP contribution in [0.15, 0.2) is 48.7 Å². The quantitative estimate of drug-likeness (QED) is 0.710. The number of piperazine rings is 1. The molecule has 8 heteroatoms. The number of hydrogen-bond acceptors (Lipinski definition) is 5. The third-order valence-corrected chi connectivity index (χ3v) is 4.43. The van der Waals surface area contributed by atoms with E-state index in [4.69, 9.17) is 5.73 Å². The molecule has 1 amide bonds. The molecule has 1 aliphatic rings. The second kappa shape index (κ2) is 11.6. The first kappa shape index (κ1) is 23.0. The zero-order valence-corrected chi connectivity index (χ0v) is 16.8.